The van der Waals surface area contributed by atoms with Gasteiger partial charge in [-0.1, -0.05) is 0 Å². The summed E-state index contributed by atoms with van der Waals surface area (Å²) in [5.41, 5.74) is 0.807. The van der Waals surface area contributed by atoms with Gasteiger partial charge in [0, 0.05) is 17.6 Å². The third-order valence-corrected chi connectivity index (χ3v) is 3.90. The Morgan fingerprint density at radius 3 is 2.68 bits per heavy atom. The molecule has 0 fully saturated rings. The van der Waals surface area contributed by atoms with Gasteiger partial charge < -0.3 is 9.88 Å². The molecule has 0 aliphatic heterocycles. The number of amides is 1. The number of rotatable bonds is 5. The van der Waals surface area contributed by atoms with E-state index in [9.17, 15) is 4.79 Å². The molecule has 0 spiro atoms. The van der Waals surface area contributed by atoms with E-state index in [0.29, 0.717) is 5.75 Å². The first-order valence-corrected chi connectivity index (χ1v) is 7.81. The number of aryl methyl sites for hydroxylation is 1. The summed E-state index contributed by atoms with van der Waals surface area (Å²) in [6.45, 7) is 0. The zero-order valence-electron chi connectivity index (χ0n) is 10.7. The number of hydrogen-bond acceptors (Lipinski definition) is 5. The highest BCUT2D eigenvalue weighted by atomic mass is 32.2. The molecule has 1 N–H and O–H groups in total. The van der Waals surface area contributed by atoms with Crippen LogP contribution in [0.2, 0.25) is 0 Å². The fraction of sp³-hybridized carbons (Fsp3) is 0.250. The van der Waals surface area contributed by atoms with E-state index in [1.807, 2.05) is 42.1 Å². The number of benzene rings is 1. The average Bonchev–Trinajstić information content (AvgIpc) is 2.78. The molecule has 0 saturated heterocycles. The summed E-state index contributed by atoms with van der Waals surface area (Å²) in [4.78, 5) is 12.5. The number of hydrogen-bond donors (Lipinski definition) is 1. The van der Waals surface area contributed by atoms with Crippen molar-refractivity contribution in [3.8, 4) is 0 Å². The number of carbonyl (C=O) groups is 1. The molecule has 1 aromatic carbocycles. The zero-order chi connectivity index (χ0) is 13.7. The van der Waals surface area contributed by atoms with Gasteiger partial charge in [0.2, 0.25) is 5.91 Å². The molecular formula is C12H14N4OS2. The maximum atomic E-state index is 11.4. The number of anilines is 1. The lowest BCUT2D eigenvalue weighted by molar-refractivity contribution is -0.113. The quantitative estimate of drug-likeness (QED) is 0.916. The van der Waals surface area contributed by atoms with Crippen LogP contribution in [-0.4, -0.2) is 32.7 Å². The monoisotopic (exact) mass is 294 g/mol. The van der Waals surface area contributed by atoms with Crippen molar-refractivity contribution in [2.75, 3.05) is 17.3 Å². The van der Waals surface area contributed by atoms with Crippen LogP contribution >= 0.6 is 23.5 Å². The summed E-state index contributed by atoms with van der Waals surface area (Å²) in [5.74, 6) is 0.483. The van der Waals surface area contributed by atoms with Gasteiger partial charge in [0.15, 0.2) is 5.16 Å². The van der Waals surface area contributed by atoms with Crippen molar-refractivity contribution >= 4 is 35.1 Å². The summed E-state index contributed by atoms with van der Waals surface area (Å²) < 4.78 is 1.86. The molecule has 0 bridgehead atoms. The summed E-state index contributed by atoms with van der Waals surface area (Å²) in [7, 11) is 1.90. The molecule has 7 heteroatoms. The number of carbonyl (C=O) groups excluding carboxylic acids is 1. The topological polar surface area (TPSA) is 59.8 Å². The fourth-order valence-corrected chi connectivity index (χ4v) is 2.50. The van der Waals surface area contributed by atoms with Gasteiger partial charge in [-0.2, -0.15) is 11.8 Å². The van der Waals surface area contributed by atoms with E-state index in [1.54, 1.807) is 6.33 Å². The van der Waals surface area contributed by atoms with Crippen molar-refractivity contribution in [1.82, 2.24) is 14.8 Å². The first-order valence-electron chi connectivity index (χ1n) is 5.60. The van der Waals surface area contributed by atoms with Crippen molar-refractivity contribution in [3.63, 3.8) is 0 Å². The second kappa shape index (κ2) is 6.63. The Kier molecular flexibility index (Phi) is 4.86. The van der Waals surface area contributed by atoms with Crippen molar-refractivity contribution in [1.29, 1.82) is 0 Å². The van der Waals surface area contributed by atoms with Crippen LogP contribution in [0, 0.1) is 0 Å². The molecule has 19 heavy (non-hydrogen) atoms. The second-order valence-corrected chi connectivity index (χ2v) is 5.74. The van der Waals surface area contributed by atoms with Gasteiger partial charge >= 0.3 is 0 Å². The smallest absolute Gasteiger partial charge is 0.234 e. The fourth-order valence-electron chi connectivity index (χ4n) is 1.40. The van der Waals surface area contributed by atoms with E-state index < -0.39 is 0 Å². The highest BCUT2D eigenvalue weighted by Crippen LogP contribution is 2.26. The molecule has 1 heterocycles. The Morgan fingerprint density at radius 2 is 2.11 bits per heavy atom. The molecule has 2 rings (SSSR count). The molecule has 0 radical (unpaired) electrons. The lowest BCUT2D eigenvalue weighted by Crippen LogP contribution is -2.13. The van der Waals surface area contributed by atoms with Crippen LogP contribution in [-0.2, 0) is 11.8 Å². The largest absolute Gasteiger partial charge is 0.325 e. The first kappa shape index (κ1) is 14.0. The summed E-state index contributed by atoms with van der Waals surface area (Å²) >= 11 is 3.03. The van der Waals surface area contributed by atoms with E-state index in [-0.39, 0.29) is 5.91 Å². The standard InChI is InChI=1S/C12H14N4OS2/c1-16-8-13-15-12(16)19-10-5-3-9(4-6-10)14-11(17)7-18-2/h3-6,8H,7H2,1-2H3,(H,14,17). The van der Waals surface area contributed by atoms with Crippen LogP contribution < -0.4 is 5.32 Å². The van der Waals surface area contributed by atoms with Crippen LogP contribution in [0.15, 0.2) is 40.6 Å². The molecule has 100 valence electrons. The second-order valence-electron chi connectivity index (χ2n) is 3.83. The van der Waals surface area contributed by atoms with Gasteiger partial charge in [-0.25, -0.2) is 0 Å². The van der Waals surface area contributed by atoms with Gasteiger partial charge in [0.1, 0.15) is 6.33 Å². The van der Waals surface area contributed by atoms with Crippen LogP contribution in [0.1, 0.15) is 0 Å². The maximum Gasteiger partial charge on any atom is 0.234 e. The summed E-state index contributed by atoms with van der Waals surface area (Å²) in [5, 5.41) is 11.5. The van der Waals surface area contributed by atoms with Crippen LogP contribution in [0.4, 0.5) is 5.69 Å². The van der Waals surface area contributed by atoms with E-state index in [1.165, 1.54) is 23.5 Å². The Bertz CT molecular complexity index is 553. The Balaban J connectivity index is 1.98. The van der Waals surface area contributed by atoms with Crippen molar-refractivity contribution in [2.45, 2.75) is 10.1 Å². The molecular weight excluding hydrogens is 280 g/mol. The lowest BCUT2D eigenvalue weighted by Gasteiger charge is -2.05. The highest BCUT2D eigenvalue weighted by Gasteiger charge is 2.04. The minimum Gasteiger partial charge on any atom is -0.325 e. The molecule has 1 aromatic heterocycles. The van der Waals surface area contributed by atoms with E-state index in [2.05, 4.69) is 15.5 Å². The summed E-state index contributed by atoms with van der Waals surface area (Å²) in [6, 6.07) is 7.68. The van der Waals surface area contributed by atoms with Crippen LogP contribution in [0.25, 0.3) is 0 Å². The van der Waals surface area contributed by atoms with Crippen molar-refractivity contribution in [3.05, 3.63) is 30.6 Å². The SMILES string of the molecule is CSCC(=O)Nc1ccc(Sc2nncn2C)cc1. The lowest BCUT2D eigenvalue weighted by atomic mass is 10.3. The number of nitrogens with one attached hydrogen (secondary N) is 1. The van der Waals surface area contributed by atoms with Gasteiger partial charge in [0.05, 0.1) is 5.75 Å². The van der Waals surface area contributed by atoms with E-state index in [4.69, 9.17) is 0 Å². The van der Waals surface area contributed by atoms with Gasteiger partial charge in [-0.15, -0.1) is 10.2 Å². The maximum absolute atomic E-state index is 11.4. The third kappa shape index (κ3) is 4.00. The van der Waals surface area contributed by atoms with Crippen molar-refractivity contribution < 1.29 is 4.79 Å². The predicted octanol–water partition coefficient (Wildman–Crippen LogP) is 2.27. The Morgan fingerprint density at radius 1 is 1.37 bits per heavy atom. The van der Waals surface area contributed by atoms with Gasteiger partial charge in [-0.3, -0.25) is 4.79 Å². The predicted molar refractivity (Wildman–Crippen MR) is 78.6 cm³/mol. The molecule has 0 unspecified atom stereocenters. The average molecular weight is 294 g/mol. The highest BCUT2D eigenvalue weighted by molar-refractivity contribution is 7.99. The molecule has 5 nitrogen and oxygen atoms in total. The van der Waals surface area contributed by atoms with Crippen molar-refractivity contribution in [2.24, 2.45) is 7.05 Å². The zero-order valence-corrected chi connectivity index (χ0v) is 12.3. The van der Waals surface area contributed by atoms with E-state index >= 15 is 0 Å². The first-order chi connectivity index (χ1) is 9.19. The normalized spacial score (nSPS) is 10.4. The summed E-state index contributed by atoms with van der Waals surface area (Å²) in [6.07, 6.45) is 3.57. The number of nitrogens with zero attached hydrogens (tertiary/aromatic N) is 3. The third-order valence-electron chi connectivity index (χ3n) is 2.29. The Hall–Kier alpha value is -1.47. The molecule has 2 aromatic rings. The van der Waals surface area contributed by atoms with Gasteiger partial charge in [-0.05, 0) is 42.3 Å². The minimum atomic E-state index is 0.0150. The molecule has 0 saturated carbocycles. The minimum absolute atomic E-state index is 0.0150. The van der Waals surface area contributed by atoms with E-state index in [0.717, 1.165) is 15.7 Å². The van der Waals surface area contributed by atoms with Crippen LogP contribution in [0.5, 0.6) is 0 Å². The number of thioether (sulfide) groups is 1. The van der Waals surface area contributed by atoms with Crippen LogP contribution in [0.3, 0.4) is 0 Å². The molecule has 0 aliphatic rings. The molecule has 0 aliphatic carbocycles. The van der Waals surface area contributed by atoms with Gasteiger partial charge in [0.25, 0.3) is 0 Å². The number of aromatic nitrogens is 3. The molecule has 0 atom stereocenters. The Labute approximate surface area is 120 Å². The molecule has 1 amide bonds.